The molecular weight excluding hydrogens is 220 g/mol. The molecule has 1 heterocycles. The van der Waals surface area contributed by atoms with Crippen molar-refractivity contribution in [3.63, 3.8) is 0 Å². The van der Waals surface area contributed by atoms with Crippen molar-refractivity contribution in [2.24, 2.45) is 11.8 Å². The van der Waals surface area contributed by atoms with E-state index in [0.29, 0.717) is 6.04 Å². The standard InChI is InChI=1S/C16H16N2/c1-4-11-10-16(12(11)5-1)18-15-8-2-7-14-13(15)6-3-9-17-14/h1-3,5-9,11-12,16,18H,4,10H2. The number of nitrogens with one attached hydrogen (secondary N) is 1. The molecule has 2 aliphatic carbocycles. The molecule has 3 unspecified atom stereocenters. The van der Waals surface area contributed by atoms with Crippen LogP contribution in [0.1, 0.15) is 12.8 Å². The lowest BCUT2D eigenvalue weighted by atomic mass is 9.71. The van der Waals surface area contributed by atoms with Crippen LogP contribution in [0, 0.1) is 11.8 Å². The molecule has 18 heavy (non-hydrogen) atoms. The van der Waals surface area contributed by atoms with Gasteiger partial charge in [-0.3, -0.25) is 4.98 Å². The maximum absolute atomic E-state index is 4.41. The van der Waals surface area contributed by atoms with Crippen LogP contribution in [0.25, 0.3) is 10.9 Å². The number of fused-ring (bicyclic) bond motifs is 2. The molecule has 1 aromatic heterocycles. The average molecular weight is 236 g/mol. The first kappa shape index (κ1) is 10.1. The zero-order valence-electron chi connectivity index (χ0n) is 10.2. The van der Waals surface area contributed by atoms with Crippen molar-refractivity contribution in [3.05, 3.63) is 48.7 Å². The first-order valence-corrected chi connectivity index (χ1v) is 6.69. The Labute approximate surface area is 107 Å². The molecule has 2 aliphatic rings. The fourth-order valence-corrected chi connectivity index (χ4v) is 3.31. The second kappa shape index (κ2) is 3.84. The van der Waals surface area contributed by atoms with Gasteiger partial charge in [0.1, 0.15) is 0 Å². The van der Waals surface area contributed by atoms with Crippen molar-refractivity contribution in [2.45, 2.75) is 18.9 Å². The highest BCUT2D eigenvalue weighted by molar-refractivity contribution is 5.91. The van der Waals surface area contributed by atoms with Crippen LogP contribution in [0.5, 0.6) is 0 Å². The molecule has 2 nitrogen and oxygen atoms in total. The molecule has 3 atom stereocenters. The minimum atomic E-state index is 0.611. The number of benzene rings is 1. The quantitative estimate of drug-likeness (QED) is 0.806. The van der Waals surface area contributed by atoms with Gasteiger partial charge in [-0.2, -0.15) is 0 Å². The molecule has 0 spiro atoms. The van der Waals surface area contributed by atoms with E-state index in [2.05, 4.69) is 46.7 Å². The summed E-state index contributed by atoms with van der Waals surface area (Å²) in [4.78, 5) is 4.41. The van der Waals surface area contributed by atoms with E-state index in [-0.39, 0.29) is 0 Å². The summed E-state index contributed by atoms with van der Waals surface area (Å²) in [6.07, 6.45) is 9.15. The van der Waals surface area contributed by atoms with Crippen LogP contribution in [0.4, 0.5) is 5.69 Å². The van der Waals surface area contributed by atoms with E-state index < -0.39 is 0 Å². The molecule has 1 N–H and O–H groups in total. The lowest BCUT2D eigenvalue weighted by molar-refractivity contribution is 0.218. The van der Waals surface area contributed by atoms with Crippen molar-refractivity contribution in [3.8, 4) is 0 Å². The molecule has 0 bridgehead atoms. The third kappa shape index (κ3) is 1.45. The van der Waals surface area contributed by atoms with E-state index in [4.69, 9.17) is 0 Å². The Hall–Kier alpha value is -1.83. The Bertz CT molecular complexity index is 612. The van der Waals surface area contributed by atoms with Crippen LogP contribution in [0.2, 0.25) is 0 Å². The monoisotopic (exact) mass is 236 g/mol. The fraction of sp³-hybridized carbons (Fsp3) is 0.312. The molecule has 0 saturated heterocycles. The predicted molar refractivity (Wildman–Crippen MR) is 74.5 cm³/mol. The summed E-state index contributed by atoms with van der Waals surface area (Å²) >= 11 is 0. The summed E-state index contributed by atoms with van der Waals surface area (Å²) in [7, 11) is 0. The molecule has 2 heteroatoms. The van der Waals surface area contributed by atoms with Gasteiger partial charge in [0.05, 0.1) is 5.52 Å². The molecule has 0 radical (unpaired) electrons. The summed E-state index contributed by atoms with van der Waals surface area (Å²) in [6.45, 7) is 0. The number of hydrogen-bond acceptors (Lipinski definition) is 2. The molecular formula is C16H16N2. The van der Waals surface area contributed by atoms with Crippen LogP contribution in [-0.2, 0) is 0 Å². The van der Waals surface area contributed by atoms with Crippen molar-refractivity contribution in [2.75, 3.05) is 5.32 Å². The SMILES string of the molecule is C1=CC2C(C1)CC2Nc1cccc2ncccc12. The van der Waals surface area contributed by atoms with Gasteiger partial charge in [0.2, 0.25) is 0 Å². The highest BCUT2D eigenvalue weighted by Gasteiger charge is 2.40. The Balaban J connectivity index is 1.65. The largest absolute Gasteiger partial charge is 0.381 e. The highest BCUT2D eigenvalue weighted by Crippen LogP contribution is 2.44. The van der Waals surface area contributed by atoms with E-state index in [1.165, 1.54) is 23.9 Å². The second-order valence-electron chi connectivity index (χ2n) is 5.36. The Morgan fingerprint density at radius 3 is 3.11 bits per heavy atom. The van der Waals surface area contributed by atoms with Crippen molar-refractivity contribution in [1.29, 1.82) is 0 Å². The first-order valence-electron chi connectivity index (χ1n) is 6.69. The minimum absolute atomic E-state index is 0.611. The summed E-state index contributed by atoms with van der Waals surface area (Å²) < 4.78 is 0. The molecule has 0 aliphatic heterocycles. The van der Waals surface area contributed by atoms with Gasteiger partial charge in [-0.05, 0) is 43.0 Å². The van der Waals surface area contributed by atoms with E-state index in [9.17, 15) is 0 Å². The van der Waals surface area contributed by atoms with Gasteiger partial charge >= 0.3 is 0 Å². The summed E-state index contributed by atoms with van der Waals surface area (Å²) in [6, 6.07) is 11.1. The average Bonchev–Trinajstić information content (AvgIpc) is 2.77. The molecule has 0 amide bonds. The number of aromatic nitrogens is 1. The molecule has 1 saturated carbocycles. The summed E-state index contributed by atoms with van der Waals surface area (Å²) in [5.41, 5.74) is 2.30. The maximum Gasteiger partial charge on any atom is 0.0722 e. The third-order valence-corrected chi connectivity index (χ3v) is 4.35. The number of allylic oxidation sites excluding steroid dienone is 1. The van der Waals surface area contributed by atoms with E-state index >= 15 is 0 Å². The summed E-state index contributed by atoms with van der Waals surface area (Å²) in [5, 5.41) is 4.93. The maximum atomic E-state index is 4.41. The Morgan fingerprint density at radius 1 is 1.17 bits per heavy atom. The lowest BCUT2D eigenvalue weighted by Crippen LogP contribution is -2.43. The molecule has 4 rings (SSSR count). The lowest BCUT2D eigenvalue weighted by Gasteiger charge is -2.41. The van der Waals surface area contributed by atoms with Gasteiger partial charge in [-0.25, -0.2) is 0 Å². The number of pyridine rings is 1. The van der Waals surface area contributed by atoms with Crippen molar-refractivity contribution < 1.29 is 0 Å². The number of rotatable bonds is 2. The van der Waals surface area contributed by atoms with Gasteiger partial charge in [0.25, 0.3) is 0 Å². The smallest absolute Gasteiger partial charge is 0.0722 e. The van der Waals surface area contributed by atoms with Gasteiger partial charge < -0.3 is 5.32 Å². The van der Waals surface area contributed by atoms with Gasteiger partial charge in [-0.15, -0.1) is 0 Å². The van der Waals surface area contributed by atoms with Gasteiger partial charge in [-0.1, -0.05) is 18.2 Å². The second-order valence-corrected chi connectivity index (χ2v) is 5.36. The van der Waals surface area contributed by atoms with E-state index in [0.717, 1.165) is 17.4 Å². The number of hydrogen-bond donors (Lipinski definition) is 1. The Kier molecular flexibility index (Phi) is 2.16. The first-order chi connectivity index (χ1) is 8.92. The van der Waals surface area contributed by atoms with Gasteiger partial charge in [0.15, 0.2) is 0 Å². The number of nitrogens with zero attached hydrogens (tertiary/aromatic N) is 1. The highest BCUT2D eigenvalue weighted by atomic mass is 15.0. The van der Waals surface area contributed by atoms with Crippen LogP contribution in [-0.4, -0.2) is 11.0 Å². The third-order valence-electron chi connectivity index (χ3n) is 4.35. The fourth-order valence-electron chi connectivity index (χ4n) is 3.31. The zero-order chi connectivity index (χ0) is 11.9. The zero-order valence-corrected chi connectivity index (χ0v) is 10.2. The predicted octanol–water partition coefficient (Wildman–Crippen LogP) is 3.61. The van der Waals surface area contributed by atoms with Crippen molar-refractivity contribution in [1.82, 2.24) is 4.98 Å². The molecule has 1 aromatic carbocycles. The molecule has 2 aromatic rings. The topological polar surface area (TPSA) is 24.9 Å². The van der Waals surface area contributed by atoms with E-state index in [1.54, 1.807) is 0 Å². The normalized spacial score (nSPS) is 29.0. The van der Waals surface area contributed by atoms with Crippen LogP contribution in [0.3, 0.4) is 0 Å². The van der Waals surface area contributed by atoms with Crippen molar-refractivity contribution >= 4 is 16.6 Å². The summed E-state index contributed by atoms with van der Waals surface area (Å²) in [5.74, 6) is 1.65. The van der Waals surface area contributed by atoms with Crippen LogP contribution >= 0.6 is 0 Å². The number of anilines is 1. The molecule has 90 valence electrons. The van der Waals surface area contributed by atoms with Gasteiger partial charge in [0, 0.05) is 29.2 Å². The molecule has 1 fully saturated rings. The van der Waals surface area contributed by atoms with E-state index in [1.807, 2.05) is 12.3 Å². The Morgan fingerprint density at radius 2 is 2.17 bits per heavy atom. The van der Waals surface area contributed by atoms with Crippen LogP contribution in [0.15, 0.2) is 48.7 Å². The van der Waals surface area contributed by atoms with Crippen LogP contribution < -0.4 is 5.32 Å². The minimum Gasteiger partial charge on any atom is -0.381 e.